The van der Waals surface area contributed by atoms with Gasteiger partial charge in [0.05, 0.1) is 4.88 Å². The number of hydrogen-bond acceptors (Lipinski definition) is 3. The van der Waals surface area contributed by atoms with Crippen LogP contribution in [0.3, 0.4) is 0 Å². The minimum absolute atomic E-state index is 0. The molecule has 1 aromatic carbocycles. The van der Waals surface area contributed by atoms with Gasteiger partial charge < -0.3 is 10.6 Å². The quantitative estimate of drug-likeness (QED) is 0.895. The van der Waals surface area contributed by atoms with E-state index in [-0.39, 0.29) is 24.4 Å². The van der Waals surface area contributed by atoms with Crippen LogP contribution in [0.4, 0.5) is 0 Å². The van der Waals surface area contributed by atoms with Crippen molar-refractivity contribution in [1.82, 2.24) is 10.6 Å². The lowest BCUT2D eigenvalue weighted by Crippen LogP contribution is -2.45. The molecule has 2 heterocycles. The van der Waals surface area contributed by atoms with Crippen LogP contribution in [0.15, 0.2) is 30.3 Å². The predicted octanol–water partition coefficient (Wildman–Crippen LogP) is 2.80. The van der Waals surface area contributed by atoms with Crippen molar-refractivity contribution in [2.75, 3.05) is 13.1 Å². The first-order valence-electron chi connectivity index (χ1n) is 6.33. The predicted molar refractivity (Wildman–Crippen MR) is 82.4 cm³/mol. The average Bonchev–Trinajstić information content (AvgIpc) is 2.84. The minimum Gasteiger partial charge on any atom is -0.347 e. The van der Waals surface area contributed by atoms with E-state index in [9.17, 15) is 4.79 Å². The summed E-state index contributed by atoms with van der Waals surface area (Å²) in [4.78, 5) is 13.0. The Hall–Kier alpha value is -1.10. The monoisotopic (exact) mass is 296 g/mol. The van der Waals surface area contributed by atoms with Gasteiger partial charge in [0.2, 0.25) is 0 Å². The van der Waals surface area contributed by atoms with Crippen molar-refractivity contribution in [2.45, 2.75) is 18.9 Å². The Bertz CT molecular complexity index is 530. The van der Waals surface area contributed by atoms with Crippen LogP contribution in [0.25, 0.3) is 10.1 Å². The lowest BCUT2D eigenvalue weighted by molar-refractivity contribution is 0.0935. The standard InChI is InChI=1S/C14H16N2OS.ClH/c17-14(16-11-5-3-7-15-9-11)13-8-10-4-1-2-6-12(10)18-13;/h1-2,4,6,8,11,15H,3,5,7,9H2,(H,16,17);1H/t11-;/m0./s1. The van der Waals surface area contributed by atoms with Gasteiger partial charge in [0.1, 0.15) is 0 Å². The first-order chi connectivity index (χ1) is 8.83. The van der Waals surface area contributed by atoms with Crippen LogP contribution in [0.1, 0.15) is 22.5 Å². The topological polar surface area (TPSA) is 41.1 Å². The fraction of sp³-hybridized carbons (Fsp3) is 0.357. The lowest BCUT2D eigenvalue weighted by atomic mass is 10.1. The van der Waals surface area contributed by atoms with Gasteiger partial charge in [-0.3, -0.25) is 4.79 Å². The molecule has 102 valence electrons. The summed E-state index contributed by atoms with van der Waals surface area (Å²) in [6.45, 7) is 1.95. The molecule has 0 spiro atoms. The molecule has 0 saturated carbocycles. The Kier molecular flexibility index (Phi) is 4.80. The van der Waals surface area contributed by atoms with E-state index in [1.807, 2.05) is 24.3 Å². The van der Waals surface area contributed by atoms with Gasteiger partial charge in [-0.05, 0) is 36.9 Å². The molecule has 5 heteroatoms. The van der Waals surface area contributed by atoms with Crippen LogP contribution in [-0.2, 0) is 0 Å². The first kappa shape index (κ1) is 14.3. The molecule has 1 aliphatic heterocycles. The van der Waals surface area contributed by atoms with Crippen LogP contribution in [0, 0.1) is 0 Å². The van der Waals surface area contributed by atoms with Crippen molar-refractivity contribution in [3.05, 3.63) is 35.2 Å². The molecule has 19 heavy (non-hydrogen) atoms. The molecule has 0 aliphatic carbocycles. The third-order valence-electron chi connectivity index (χ3n) is 3.28. The van der Waals surface area contributed by atoms with Crippen LogP contribution in [-0.4, -0.2) is 25.0 Å². The second-order valence-corrected chi connectivity index (χ2v) is 5.75. The van der Waals surface area contributed by atoms with E-state index >= 15 is 0 Å². The number of fused-ring (bicyclic) bond motifs is 1. The molecule has 0 unspecified atom stereocenters. The fourth-order valence-electron chi connectivity index (χ4n) is 2.33. The summed E-state index contributed by atoms with van der Waals surface area (Å²) in [5.41, 5.74) is 0. The van der Waals surface area contributed by atoms with Crippen LogP contribution in [0.5, 0.6) is 0 Å². The number of benzene rings is 1. The number of amides is 1. The van der Waals surface area contributed by atoms with Gasteiger partial charge in [-0.1, -0.05) is 18.2 Å². The number of halogens is 1. The van der Waals surface area contributed by atoms with Crippen LogP contribution in [0.2, 0.25) is 0 Å². The summed E-state index contributed by atoms with van der Waals surface area (Å²) in [6.07, 6.45) is 2.21. The summed E-state index contributed by atoms with van der Waals surface area (Å²) in [5, 5.41) is 7.56. The zero-order valence-corrected chi connectivity index (χ0v) is 12.2. The van der Waals surface area contributed by atoms with Crippen molar-refractivity contribution in [1.29, 1.82) is 0 Å². The third kappa shape index (κ3) is 3.26. The summed E-state index contributed by atoms with van der Waals surface area (Å²) in [5.74, 6) is 0.0601. The van der Waals surface area contributed by atoms with Crippen LogP contribution >= 0.6 is 23.7 Å². The Morgan fingerprint density at radius 3 is 2.95 bits per heavy atom. The summed E-state index contributed by atoms with van der Waals surface area (Å²) in [6, 6.07) is 10.4. The molecule has 1 aromatic heterocycles. The van der Waals surface area contributed by atoms with Crippen molar-refractivity contribution < 1.29 is 4.79 Å². The summed E-state index contributed by atoms with van der Waals surface area (Å²) >= 11 is 1.56. The van der Waals surface area contributed by atoms with Gasteiger partial charge >= 0.3 is 0 Å². The van der Waals surface area contributed by atoms with E-state index in [1.54, 1.807) is 11.3 Å². The Labute approximate surface area is 122 Å². The van der Waals surface area contributed by atoms with E-state index < -0.39 is 0 Å². The minimum atomic E-state index is 0. The number of thiophene rings is 1. The SMILES string of the molecule is Cl.O=C(N[C@H]1CCCNC1)c1cc2ccccc2s1. The molecular formula is C14H17ClN2OS. The highest BCUT2D eigenvalue weighted by atomic mass is 35.5. The average molecular weight is 297 g/mol. The number of rotatable bonds is 2. The molecule has 1 fully saturated rings. The van der Waals surface area contributed by atoms with Crippen molar-refractivity contribution in [3.8, 4) is 0 Å². The van der Waals surface area contributed by atoms with Crippen molar-refractivity contribution in [2.24, 2.45) is 0 Å². The number of carbonyl (C=O) groups excluding carboxylic acids is 1. The number of carbonyl (C=O) groups is 1. The maximum absolute atomic E-state index is 12.2. The van der Waals surface area contributed by atoms with Gasteiger partial charge in [0.25, 0.3) is 5.91 Å². The normalized spacial score (nSPS) is 18.8. The zero-order chi connectivity index (χ0) is 12.4. The van der Waals surface area contributed by atoms with Crippen molar-refractivity contribution >= 4 is 39.7 Å². The molecule has 1 saturated heterocycles. The second-order valence-electron chi connectivity index (χ2n) is 4.67. The zero-order valence-electron chi connectivity index (χ0n) is 10.5. The number of piperidine rings is 1. The molecule has 0 bridgehead atoms. The molecule has 2 aromatic rings. The second kappa shape index (κ2) is 6.37. The highest BCUT2D eigenvalue weighted by Crippen LogP contribution is 2.25. The summed E-state index contributed by atoms with van der Waals surface area (Å²) < 4.78 is 1.17. The number of nitrogens with one attached hydrogen (secondary N) is 2. The molecule has 2 N–H and O–H groups in total. The lowest BCUT2D eigenvalue weighted by Gasteiger charge is -2.23. The van der Waals surface area contributed by atoms with E-state index in [4.69, 9.17) is 0 Å². The highest BCUT2D eigenvalue weighted by Gasteiger charge is 2.17. The van der Waals surface area contributed by atoms with Crippen LogP contribution < -0.4 is 10.6 Å². The van der Waals surface area contributed by atoms with E-state index in [0.717, 1.165) is 36.2 Å². The molecule has 3 rings (SSSR count). The maximum atomic E-state index is 12.2. The molecule has 3 nitrogen and oxygen atoms in total. The molecule has 1 aliphatic rings. The van der Waals surface area contributed by atoms with Gasteiger partial charge in [-0.2, -0.15) is 0 Å². The van der Waals surface area contributed by atoms with Gasteiger partial charge in [0, 0.05) is 17.3 Å². The smallest absolute Gasteiger partial charge is 0.261 e. The van der Waals surface area contributed by atoms with E-state index in [2.05, 4.69) is 16.7 Å². The van der Waals surface area contributed by atoms with Gasteiger partial charge in [0.15, 0.2) is 0 Å². The summed E-state index contributed by atoms with van der Waals surface area (Å²) in [7, 11) is 0. The molecule has 0 radical (unpaired) electrons. The highest BCUT2D eigenvalue weighted by molar-refractivity contribution is 7.20. The Morgan fingerprint density at radius 2 is 2.21 bits per heavy atom. The van der Waals surface area contributed by atoms with Gasteiger partial charge in [-0.25, -0.2) is 0 Å². The Morgan fingerprint density at radius 1 is 1.37 bits per heavy atom. The van der Waals surface area contributed by atoms with Crippen molar-refractivity contribution in [3.63, 3.8) is 0 Å². The number of hydrogen-bond donors (Lipinski definition) is 2. The molecule has 1 atom stereocenters. The third-order valence-corrected chi connectivity index (χ3v) is 4.40. The van der Waals surface area contributed by atoms with E-state index in [0.29, 0.717) is 0 Å². The Balaban J connectivity index is 0.00000133. The van der Waals surface area contributed by atoms with E-state index in [1.165, 1.54) is 4.70 Å². The fourth-order valence-corrected chi connectivity index (χ4v) is 3.29. The first-order valence-corrected chi connectivity index (χ1v) is 7.15. The molecular weight excluding hydrogens is 280 g/mol. The van der Waals surface area contributed by atoms with Gasteiger partial charge in [-0.15, -0.1) is 23.7 Å². The largest absolute Gasteiger partial charge is 0.347 e. The maximum Gasteiger partial charge on any atom is 0.261 e. The molecule has 1 amide bonds.